The number of aliphatic hydroxyl groups excluding tert-OH is 1. The first kappa shape index (κ1) is 13.8. The Kier molecular flexibility index (Phi) is 7.01. The zero-order valence-corrected chi connectivity index (χ0v) is 8.81. The van der Waals surface area contributed by atoms with Gasteiger partial charge in [0, 0.05) is 19.1 Å². The molecule has 86 valence electrons. The molecule has 0 unspecified atom stereocenters. The molecule has 0 aliphatic heterocycles. The van der Waals surface area contributed by atoms with Crippen molar-refractivity contribution in [2.75, 3.05) is 6.61 Å². The van der Waals surface area contributed by atoms with E-state index in [4.69, 9.17) is 10.8 Å². The summed E-state index contributed by atoms with van der Waals surface area (Å²) in [4.78, 5) is 0. The predicted octanol–water partition coefficient (Wildman–Crippen LogP) is 2.30. The van der Waals surface area contributed by atoms with Gasteiger partial charge in [-0.15, -0.1) is 0 Å². The van der Waals surface area contributed by atoms with Gasteiger partial charge in [-0.2, -0.15) is 0 Å². The van der Waals surface area contributed by atoms with E-state index in [-0.39, 0.29) is 19.1 Å². The molecule has 0 fully saturated rings. The standard InChI is InChI=1S/C10H21F2NO/c1-10(11,12)7-6-9(13)5-3-2-4-8-14/h9,14H,2-8,13H2,1H3/t9-/m1/s1. The minimum absolute atomic E-state index is 0.125. The van der Waals surface area contributed by atoms with Crippen molar-refractivity contribution in [2.24, 2.45) is 5.73 Å². The van der Waals surface area contributed by atoms with Crippen molar-refractivity contribution < 1.29 is 13.9 Å². The summed E-state index contributed by atoms with van der Waals surface area (Å²) in [6.07, 6.45) is 3.63. The maximum Gasteiger partial charge on any atom is 0.245 e. The van der Waals surface area contributed by atoms with Gasteiger partial charge >= 0.3 is 0 Å². The predicted molar refractivity (Wildman–Crippen MR) is 53.4 cm³/mol. The Morgan fingerprint density at radius 3 is 2.36 bits per heavy atom. The lowest BCUT2D eigenvalue weighted by atomic mass is 10.0. The maximum atomic E-state index is 12.4. The third-order valence-electron chi connectivity index (χ3n) is 2.19. The van der Waals surface area contributed by atoms with E-state index in [2.05, 4.69) is 0 Å². The molecule has 0 rings (SSSR count). The molecule has 0 aromatic heterocycles. The van der Waals surface area contributed by atoms with Crippen LogP contribution in [0.15, 0.2) is 0 Å². The lowest BCUT2D eigenvalue weighted by molar-refractivity contribution is 0.00902. The molecule has 0 amide bonds. The van der Waals surface area contributed by atoms with Gasteiger partial charge in [0.2, 0.25) is 5.92 Å². The van der Waals surface area contributed by atoms with Crippen LogP contribution in [0.25, 0.3) is 0 Å². The molecular formula is C10H21F2NO. The van der Waals surface area contributed by atoms with Gasteiger partial charge in [-0.1, -0.05) is 12.8 Å². The highest BCUT2D eigenvalue weighted by Gasteiger charge is 2.21. The van der Waals surface area contributed by atoms with Crippen LogP contribution in [0, 0.1) is 0 Å². The number of halogens is 2. The molecule has 0 saturated carbocycles. The fourth-order valence-electron chi connectivity index (χ4n) is 1.28. The molecule has 0 aliphatic rings. The lowest BCUT2D eigenvalue weighted by Gasteiger charge is -2.14. The first-order valence-corrected chi connectivity index (χ1v) is 5.20. The summed E-state index contributed by atoms with van der Waals surface area (Å²) in [5.74, 6) is -2.59. The number of hydrogen-bond acceptors (Lipinski definition) is 2. The second kappa shape index (κ2) is 7.12. The Hall–Kier alpha value is -0.220. The van der Waals surface area contributed by atoms with Crippen molar-refractivity contribution in [3.63, 3.8) is 0 Å². The lowest BCUT2D eigenvalue weighted by Crippen LogP contribution is -2.23. The quantitative estimate of drug-likeness (QED) is 0.602. The van der Waals surface area contributed by atoms with Gasteiger partial charge < -0.3 is 10.8 Å². The highest BCUT2D eigenvalue weighted by molar-refractivity contribution is 4.66. The average molecular weight is 209 g/mol. The van der Waals surface area contributed by atoms with Crippen molar-refractivity contribution in [2.45, 2.75) is 57.4 Å². The number of alkyl halides is 2. The number of unbranched alkanes of at least 4 members (excludes halogenated alkanes) is 2. The Bertz CT molecular complexity index is 137. The topological polar surface area (TPSA) is 46.2 Å². The van der Waals surface area contributed by atoms with Crippen LogP contribution >= 0.6 is 0 Å². The van der Waals surface area contributed by atoms with Gasteiger partial charge in [0.05, 0.1) is 0 Å². The first-order valence-electron chi connectivity index (χ1n) is 5.20. The molecule has 0 heterocycles. The van der Waals surface area contributed by atoms with E-state index >= 15 is 0 Å². The molecular weight excluding hydrogens is 188 g/mol. The molecule has 0 saturated heterocycles. The van der Waals surface area contributed by atoms with E-state index in [1.54, 1.807) is 0 Å². The minimum Gasteiger partial charge on any atom is -0.396 e. The molecule has 1 atom stereocenters. The van der Waals surface area contributed by atoms with Crippen molar-refractivity contribution in [3.05, 3.63) is 0 Å². The summed E-state index contributed by atoms with van der Waals surface area (Å²) in [5.41, 5.74) is 5.67. The Morgan fingerprint density at radius 1 is 1.21 bits per heavy atom. The second-order valence-electron chi connectivity index (χ2n) is 3.94. The van der Waals surface area contributed by atoms with Gasteiger partial charge in [-0.3, -0.25) is 0 Å². The van der Waals surface area contributed by atoms with Crippen molar-refractivity contribution in [1.82, 2.24) is 0 Å². The van der Waals surface area contributed by atoms with E-state index in [9.17, 15) is 8.78 Å². The molecule has 2 nitrogen and oxygen atoms in total. The van der Waals surface area contributed by atoms with E-state index in [1.807, 2.05) is 0 Å². The van der Waals surface area contributed by atoms with E-state index in [0.29, 0.717) is 6.42 Å². The summed E-state index contributed by atoms with van der Waals surface area (Å²) in [6, 6.07) is -0.125. The van der Waals surface area contributed by atoms with Crippen LogP contribution in [-0.2, 0) is 0 Å². The number of hydrogen-bond donors (Lipinski definition) is 2. The van der Waals surface area contributed by atoms with Gasteiger partial charge in [0.1, 0.15) is 0 Å². The van der Waals surface area contributed by atoms with Crippen molar-refractivity contribution >= 4 is 0 Å². The largest absolute Gasteiger partial charge is 0.396 e. The minimum atomic E-state index is -2.59. The van der Waals surface area contributed by atoms with E-state index in [0.717, 1.165) is 32.6 Å². The molecule has 4 heteroatoms. The van der Waals surface area contributed by atoms with Crippen LogP contribution in [0.1, 0.15) is 45.4 Å². The fraction of sp³-hybridized carbons (Fsp3) is 1.00. The van der Waals surface area contributed by atoms with Crippen LogP contribution in [0.3, 0.4) is 0 Å². The zero-order valence-electron chi connectivity index (χ0n) is 8.81. The van der Waals surface area contributed by atoms with Gasteiger partial charge in [0.25, 0.3) is 0 Å². The summed E-state index contributed by atoms with van der Waals surface area (Å²) >= 11 is 0. The fourth-order valence-corrected chi connectivity index (χ4v) is 1.28. The molecule has 0 spiro atoms. The van der Waals surface area contributed by atoms with Gasteiger partial charge in [-0.25, -0.2) is 8.78 Å². The van der Waals surface area contributed by atoms with Crippen LogP contribution in [0.4, 0.5) is 8.78 Å². The van der Waals surface area contributed by atoms with Gasteiger partial charge in [-0.05, 0) is 26.2 Å². The SMILES string of the molecule is CC(F)(F)CC[C@H](N)CCCCCO. The van der Waals surface area contributed by atoms with Crippen molar-refractivity contribution in [1.29, 1.82) is 0 Å². The van der Waals surface area contributed by atoms with Crippen LogP contribution in [-0.4, -0.2) is 23.7 Å². The third-order valence-corrected chi connectivity index (χ3v) is 2.19. The molecule has 0 aromatic carbocycles. The molecule has 3 N–H and O–H groups in total. The van der Waals surface area contributed by atoms with Crippen LogP contribution in [0.2, 0.25) is 0 Å². The smallest absolute Gasteiger partial charge is 0.245 e. The molecule has 0 aliphatic carbocycles. The Labute approximate surface area is 84.5 Å². The van der Waals surface area contributed by atoms with E-state index < -0.39 is 5.92 Å². The first-order chi connectivity index (χ1) is 6.45. The zero-order chi connectivity index (χ0) is 11.0. The number of aliphatic hydroxyl groups is 1. The second-order valence-corrected chi connectivity index (χ2v) is 3.94. The molecule has 0 radical (unpaired) electrons. The Balaban J connectivity index is 3.32. The summed E-state index contributed by atoms with van der Waals surface area (Å²) in [7, 11) is 0. The van der Waals surface area contributed by atoms with Crippen LogP contribution in [0.5, 0.6) is 0 Å². The number of rotatable bonds is 8. The normalized spacial score (nSPS) is 14.4. The highest BCUT2D eigenvalue weighted by Crippen LogP contribution is 2.20. The molecule has 14 heavy (non-hydrogen) atoms. The maximum absolute atomic E-state index is 12.4. The summed E-state index contributed by atoms with van der Waals surface area (Å²) < 4.78 is 24.9. The summed E-state index contributed by atoms with van der Waals surface area (Å²) in [5, 5.41) is 8.51. The van der Waals surface area contributed by atoms with Gasteiger partial charge in [0.15, 0.2) is 0 Å². The van der Waals surface area contributed by atoms with Crippen molar-refractivity contribution in [3.8, 4) is 0 Å². The molecule has 0 bridgehead atoms. The third kappa shape index (κ3) is 9.86. The number of nitrogens with two attached hydrogens (primary N) is 1. The van der Waals surface area contributed by atoms with E-state index in [1.165, 1.54) is 0 Å². The Morgan fingerprint density at radius 2 is 1.86 bits per heavy atom. The average Bonchev–Trinajstić information content (AvgIpc) is 2.08. The highest BCUT2D eigenvalue weighted by atomic mass is 19.3. The summed E-state index contributed by atoms with van der Waals surface area (Å²) in [6.45, 7) is 1.12. The van der Waals surface area contributed by atoms with Crippen LogP contribution < -0.4 is 5.73 Å². The monoisotopic (exact) mass is 209 g/mol. The molecule has 0 aromatic rings.